The molecule has 3 aromatic rings. The number of ether oxygens (including phenoxy) is 1. The van der Waals surface area contributed by atoms with Crippen molar-refractivity contribution in [2.45, 2.75) is 11.2 Å². The van der Waals surface area contributed by atoms with Crippen molar-refractivity contribution in [3.63, 3.8) is 0 Å². The molecule has 3 aliphatic carbocycles. The van der Waals surface area contributed by atoms with Crippen LogP contribution < -0.4 is 10.1 Å². The number of benzene rings is 3. The fourth-order valence-electron chi connectivity index (χ4n) is 5.27. The summed E-state index contributed by atoms with van der Waals surface area (Å²) >= 11 is 0. The molecule has 0 fully saturated rings. The van der Waals surface area contributed by atoms with E-state index in [0.29, 0.717) is 17.1 Å². The maximum atomic E-state index is 12.9. The van der Waals surface area contributed by atoms with E-state index in [1.54, 1.807) is 54.6 Å². The third-order valence-electron chi connectivity index (χ3n) is 6.57. The van der Waals surface area contributed by atoms with Gasteiger partial charge in [0.25, 0.3) is 0 Å². The van der Waals surface area contributed by atoms with E-state index < -0.39 is 34.9 Å². The van der Waals surface area contributed by atoms with E-state index in [2.05, 4.69) is 5.32 Å². The summed E-state index contributed by atoms with van der Waals surface area (Å²) in [5.74, 6) is -4.15. The van der Waals surface area contributed by atoms with Crippen molar-refractivity contribution in [2.24, 2.45) is 11.8 Å². The molecule has 4 N–H and O–H groups in total. The molecule has 0 spiro atoms. The summed E-state index contributed by atoms with van der Waals surface area (Å²) in [5, 5.41) is 36.6. The Balaban J connectivity index is 1.78. The third-order valence-corrected chi connectivity index (χ3v) is 6.57. The van der Waals surface area contributed by atoms with Gasteiger partial charge in [-0.2, -0.15) is 0 Å². The first-order valence-electron chi connectivity index (χ1n) is 10.2. The van der Waals surface area contributed by atoms with E-state index in [9.17, 15) is 24.9 Å². The van der Waals surface area contributed by atoms with Crippen molar-refractivity contribution < 1.29 is 29.6 Å². The lowest BCUT2D eigenvalue weighted by Crippen LogP contribution is -2.65. The topological polar surface area (TPSA) is 116 Å². The molecule has 7 nitrogen and oxygen atoms in total. The lowest BCUT2D eigenvalue weighted by Gasteiger charge is -2.57. The molecule has 1 amide bonds. The number of para-hydroxylation sites is 1. The number of hydrogen-bond acceptors (Lipinski definition) is 5. The van der Waals surface area contributed by atoms with Gasteiger partial charge in [0.2, 0.25) is 5.91 Å². The minimum absolute atomic E-state index is 0.208. The maximum Gasteiger partial charge on any atom is 0.311 e. The highest BCUT2D eigenvalue weighted by atomic mass is 16.5. The van der Waals surface area contributed by atoms with Gasteiger partial charge in [-0.3, -0.25) is 9.59 Å². The van der Waals surface area contributed by atoms with E-state index >= 15 is 0 Å². The normalized spacial score (nSPS) is 27.2. The van der Waals surface area contributed by atoms with Gasteiger partial charge in [-0.15, -0.1) is 0 Å². The van der Waals surface area contributed by atoms with Gasteiger partial charge >= 0.3 is 5.97 Å². The lowest BCUT2D eigenvalue weighted by atomic mass is 9.49. The number of carbonyl (C=O) groups excluding carboxylic acids is 1. The van der Waals surface area contributed by atoms with Crippen LogP contribution in [0.15, 0.2) is 72.8 Å². The van der Waals surface area contributed by atoms with Gasteiger partial charge in [0.1, 0.15) is 28.6 Å². The molecule has 0 aliphatic heterocycles. The fourth-order valence-corrected chi connectivity index (χ4v) is 5.27. The molecule has 0 heterocycles. The van der Waals surface area contributed by atoms with Crippen LogP contribution in [0.4, 0.5) is 0 Å². The number of amides is 1. The summed E-state index contributed by atoms with van der Waals surface area (Å²) in [4.78, 5) is 25.3. The molecule has 3 aliphatic rings. The Kier molecular flexibility index (Phi) is 4.37. The highest BCUT2D eigenvalue weighted by Gasteiger charge is 2.69. The summed E-state index contributed by atoms with van der Waals surface area (Å²) in [6, 6.07) is 20.3. The number of carboxylic acid groups (broad SMARTS) is 1. The summed E-state index contributed by atoms with van der Waals surface area (Å²) in [5.41, 5.74) is -2.91. The van der Waals surface area contributed by atoms with E-state index in [0.717, 1.165) is 0 Å². The van der Waals surface area contributed by atoms with Crippen molar-refractivity contribution in [3.05, 3.63) is 95.1 Å². The first kappa shape index (κ1) is 20.2. The van der Waals surface area contributed by atoms with Crippen LogP contribution in [-0.4, -0.2) is 34.2 Å². The Bertz CT molecular complexity index is 1240. The quantitative estimate of drug-likeness (QED) is 0.504. The lowest BCUT2D eigenvalue weighted by molar-refractivity contribution is -0.179. The molecule has 0 aromatic heterocycles. The Morgan fingerprint density at radius 2 is 1.34 bits per heavy atom. The number of fused-ring (bicyclic) bond motifs is 1. The Hall–Kier alpha value is -3.68. The fraction of sp³-hybridized carbons (Fsp3) is 0.200. The van der Waals surface area contributed by atoms with Crippen LogP contribution in [0, 0.1) is 11.8 Å². The van der Waals surface area contributed by atoms with Gasteiger partial charge < -0.3 is 25.4 Å². The highest BCUT2D eigenvalue weighted by Crippen LogP contribution is 2.62. The average molecular weight is 431 g/mol. The van der Waals surface area contributed by atoms with E-state index in [1.165, 1.54) is 7.05 Å². The van der Waals surface area contributed by atoms with E-state index in [-0.39, 0.29) is 16.7 Å². The average Bonchev–Trinajstić information content (AvgIpc) is 2.80. The van der Waals surface area contributed by atoms with Crippen LogP contribution in [0.5, 0.6) is 11.5 Å². The first-order valence-corrected chi connectivity index (χ1v) is 10.2. The van der Waals surface area contributed by atoms with Crippen molar-refractivity contribution in [1.29, 1.82) is 0 Å². The molecular weight excluding hydrogens is 410 g/mol. The van der Waals surface area contributed by atoms with Crippen LogP contribution in [-0.2, 0) is 20.8 Å². The number of aliphatic hydroxyl groups is 2. The molecule has 4 atom stereocenters. The zero-order valence-electron chi connectivity index (χ0n) is 17.1. The maximum absolute atomic E-state index is 12.9. The second-order valence-electron chi connectivity index (χ2n) is 8.11. The van der Waals surface area contributed by atoms with Crippen LogP contribution in [0.2, 0.25) is 0 Å². The predicted octanol–water partition coefficient (Wildman–Crippen LogP) is 2.34. The summed E-state index contributed by atoms with van der Waals surface area (Å²) < 4.78 is 5.89. The van der Waals surface area contributed by atoms with Crippen molar-refractivity contribution in [1.82, 2.24) is 5.32 Å². The van der Waals surface area contributed by atoms with Gasteiger partial charge in [-0.1, -0.05) is 48.5 Å². The van der Waals surface area contributed by atoms with Gasteiger partial charge in [-0.05, 0) is 46.5 Å². The molecule has 0 saturated carbocycles. The molecular formula is C25H21NO6. The molecule has 162 valence electrons. The van der Waals surface area contributed by atoms with Crippen LogP contribution in [0.3, 0.4) is 0 Å². The Morgan fingerprint density at radius 1 is 0.781 bits per heavy atom. The SMILES string of the molecule is CNC(=O)C1C(C(=O)O)C2(O)c3ccccc3C1(O)c1ccc(Oc3ccccc3)cc12. The number of carbonyl (C=O) groups is 2. The summed E-state index contributed by atoms with van der Waals surface area (Å²) in [7, 11) is 1.38. The van der Waals surface area contributed by atoms with Crippen molar-refractivity contribution >= 4 is 11.9 Å². The van der Waals surface area contributed by atoms with Gasteiger partial charge in [0.15, 0.2) is 0 Å². The Labute approximate surface area is 183 Å². The largest absolute Gasteiger partial charge is 0.481 e. The van der Waals surface area contributed by atoms with Crippen LogP contribution in [0.1, 0.15) is 22.3 Å². The van der Waals surface area contributed by atoms with Crippen LogP contribution >= 0.6 is 0 Å². The molecule has 6 rings (SSSR count). The minimum Gasteiger partial charge on any atom is -0.481 e. The molecule has 3 aromatic carbocycles. The predicted molar refractivity (Wildman–Crippen MR) is 114 cm³/mol. The second kappa shape index (κ2) is 6.91. The van der Waals surface area contributed by atoms with E-state index in [1.807, 2.05) is 18.2 Å². The molecule has 2 bridgehead atoms. The zero-order chi connectivity index (χ0) is 22.7. The van der Waals surface area contributed by atoms with Crippen molar-refractivity contribution in [2.75, 3.05) is 7.05 Å². The minimum atomic E-state index is -2.05. The number of nitrogens with one attached hydrogen (secondary N) is 1. The molecule has 7 heteroatoms. The summed E-state index contributed by atoms with van der Waals surface area (Å²) in [6.45, 7) is 0. The number of carboxylic acids is 1. The second-order valence-corrected chi connectivity index (χ2v) is 8.11. The monoisotopic (exact) mass is 431 g/mol. The van der Waals surface area contributed by atoms with Crippen molar-refractivity contribution in [3.8, 4) is 11.5 Å². The van der Waals surface area contributed by atoms with Gasteiger partial charge in [0.05, 0.1) is 5.92 Å². The van der Waals surface area contributed by atoms with Gasteiger partial charge in [-0.25, -0.2) is 0 Å². The molecule has 0 radical (unpaired) electrons. The highest BCUT2D eigenvalue weighted by molar-refractivity contribution is 5.91. The number of aliphatic carboxylic acids is 1. The smallest absolute Gasteiger partial charge is 0.311 e. The number of rotatable bonds is 4. The first-order chi connectivity index (χ1) is 15.3. The van der Waals surface area contributed by atoms with E-state index in [4.69, 9.17) is 4.74 Å². The van der Waals surface area contributed by atoms with Gasteiger partial charge in [0, 0.05) is 7.05 Å². The standard InChI is InChI=1S/C25H21NO6/c1-26-22(27)20-21(23(28)29)25(31)17-10-6-5-9-16(17)24(20,30)18-12-11-15(13-19(18)25)32-14-7-3-2-4-8-14/h2-13,20-21,30-31H,1H3,(H,26,27)(H,28,29). The molecule has 0 saturated heterocycles. The molecule has 32 heavy (non-hydrogen) atoms. The van der Waals surface area contributed by atoms with Crippen LogP contribution in [0.25, 0.3) is 0 Å². The third kappa shape index (κ3) is 2.49. The Morgan fingerprint density at radius 3 is 1.94 bits per heavy atom. The molecule has 4 unspecified atom stereocenters. The summed E-state index contributed by atoms with van der Waals surface area (Å²) in [6.07, 6.45) is 0. The number of hydrogen-bond donors (Lipinski definition) is 4. The zero-order valence-corrected chi connectivity index (χ0v) is 17.1.